The Balaban J connectivity index is 3.24. The van der Waals surface area contributed by atoms with E-state index in [1.54, 1.807) is 23.5 Å². The molecule has 0 radical (unpaired) electrons. The summed E-state index contributed by atoms with van der Waals surface area (Å²) in [6, 6.07) is 0. The molecule has 0 amide bonds. The quantitative estimate of drug-likeness (QED) is 0.232. The van der Waals surface area contributed by atoms with E-state index in [2.05, 4.69) is 23.8 Å². The van der Waals surface area contributed by atoms with Crippen molar-refractivity contribution in [1.29, 1.82) is 0 Å². The predicted molar refractivity (Wildman–Crippen MR) is 86.5 cm³/mol. The minimum Gasteiger partial charge on any atom is -0.307 e. The van der Waals surface area contributed by atoms with Gasteiger partial charge in [-0.05, 0) is 24.3 Å². The Labute approximate surface area is 119 Å². The van der Waals surface area contributed by atoms with Crippen LogP contribution in [0, 0.1) is 0 Å². The van der Waals surface area contributed by atoms with Crippen molar-refractivity contribution in [2.45, 2.75) is 23.8 Å². The molecule has 0 aromatic rings. The van der Waals surface area contributed by atoms with E-state index < -0.39 is 0 Å². The third kappa shape index (κ3) is 12.5. The molecule has 0 aromatic carbocycles. The van der Waals surface area contributed by atoms with Crippen molar-refractivity contribution in [3.05, 3.63) is 25.3 Å². The van der Waals surface area contributed by atoms with Gasteiger partial charge in [0, 0.05) is 13.1 Å². The summed E-state index contributed by atoms with van der Waals surface area (Å²) >= 11 is 3.48. The molecule has 6 N–H and O–H groups in total. The first kappa shape index (κ1) is 18.0. The van der Waals surface area contributed by atoms with Gasteiger partial charge < -0.3 is 11.5 Å². The molecule has 0 fully saturated rings. The Hall–Kier alpha value is 0.0200. The van der Waals surface area contributed by atoms with Crippen molar-refractivity contribution in [2.75, 3.05) is 24.6 Å². The van der Waals surface area contributed by atoms with E-state index in [4.69, 9.17) is 11.5 Å². The number of thioether (sulfide) groups is 2. The predicted octanol–water partition coefficient (Wildman–Crippen LogP) is 1.27. The van der Waals surface area contributed by atoms with E-state index in [9.17, 15) is 0 Å². The lowest BCUT2D eigenvalue weighted by Gasteiger charge is -2.13. The zero-order chi connectivity index (χ0) is 13.6. The average molecular weight is 291 g/mol. The molecule has 0 spiro atoms. The molecule has 0 saturated carbocycles. The Bertz CT molecular complexity index is 192. The Morgan fingerprint density at radius 2 is 1.28 bits per heavy atom. The first-order valence-corrected chi connectivity index (χ1v) is 8.23. The Morgan fingerprint density at radius 1 is 0.889 bits per heavy atom. The standard InChI is InChI=1S/C12H26N4S2/c1-3-7-15-11(13)17-9-5-6-10-18-12(14)16-8-4-2/h3-4,11-12,15-16H,1-2,5-10,13-14H2. The van der Waals surface area contributed by atoms with Crippen LogP contribution in [0.25, 0.3) is 0 Å². The largest absolute Gasteiger partial charge is 0.307 e. The van der Waals surface area contributed by atoms with Gasteiger partial charge in [0.1, 0.15) is 11.0 Å². The summed E-state index contributed by atoms with van der Waals surface area (Å²) in [5.41, 5.74) is 11.7. The van der Waals surface area contributed by atoms with Crippen LogP contribution in [0.2, 0.25) is 0 Å². The molecular weight excluding hydrogens is 264 g/mol. The van der Waals surface area contributed by atoms with Crippen LogP contribution >= 0.6 is 23.5 Å². The Kier molecular flexibility index (Phi) is 13.5. The van der Waals surface area contributed by atoms with Crippen molar-refractivity contribution < 1.29 is 0 Å². The topological polar surface area (TPSA) is 76.1 Å². The van der Waals surface area contributed by atoms with Crippen LogP contribution in [0.15, 0.2) is 25.3 Å². The molecule has 0 rings (SSSR count). The summed E-state index contributed by atoms with van der Waals surface area (Å²) in [4.78, 5) is 0. The fourth-order valence-electron chi connectivity index (χ4n) is 1.14. The molecule has 0 aliphatic heterocycles. The third-order valence-corrected chi connectivity index (χ3v) is 4.16. The first-order valence-electron chi connectivity index (χ1n) is 6.13. The van der Waals surface area contributed by atoms with Gasteiger partial charge >= 0.3 is 0 Å². The highest BCUT2D eigenvalue weighted by Gasteiger charge is 2.02. The molecule has 4 nitrogen and oxygen atoms in total. The first-order chi connectivity index (χ1) is 8.70. The van der Waals surface area contributed by atoms with E-state index in [0.717, 1.165) is 37.4 Å². The normalized spacial score (nSPS) is 14.1. The lowest BCUT2D eigenvalue weighted by Crippen LogP contribution is -2.34. The molecule has 0 bridgehead atoms. The number of hydrogen-bond donors (Lipinski definition) is 4. The van der Waals surface area contributed by atoms with E-state index in [1.165, 1.54) is 0 Å². The SMILES string of the molecule is C=CCNC(N)SCCCCSC(N)NCC=C. The monoisotopic (exact) mass is 290 g/mol. The maximum atomic E-state index is 5.84. The highest BCUT2D eigenvalue weighted by molar-refractivity contribution is 8.00. The van der Waals surface area contributed by atoms with Crippen LogP contribution < -0.4 is 22.1 Å². The Morgan fingerprint density at radius 3 is 1.61 bits per heavy atom. The summed E-state index contributed by atoms with van der Waals surface area (Å²) in [5, 5.41) is 6.29. The van der Waals surface area contributed by atoms with Crippen LogP contribution in [-0.4, -0.2) is 35.6 Å². The second-order valence-corrected chi connectivity index (χ2v) is 6.18. The molecule has 0 saturated heterocycles. The third-order valence-electron chi connectivity index (χ3n) is 2.06. The van der Waals surface area contributed by atoms with Crippen molar-refractivity contribution in [3.63, 3.8) is 0 Å². The molecular formula is C12H26N4S2. The maximum absolute atomic E-state index is 5.84. The highest BCUT2D eigenvalue weighted by atomic mass is 32.2. The molecule has 106 valence electrons. The van der Waals surface area contributed by atoms with Crippen molar-refractivity contribution in [1.82, 2.24) is 10.6 Å². The smallest absolute Gasteiger partial charge is 0.103 e. The van der Waals surface area contributed by atoms with E-state index in [1.807, 2.05) is 12.2 Å². The van der Waals surface area contributed by atoms with Crippen molar-refractivity contribution >= 4 is 23.5 Å². The molecule has 0 heterocycles. The summed E-state index contributed by atoms with van der Waals surface area (Å²) in [6.07, 6.45) is 5.95. The number of hydrogen-bond acceptors (Lipinski definition) is 6. The fourth-order valence-corrected chi connectivity index (χ4v) is 2.82. The van der Waals surface area contributed by atoms with Gasteiger partial charge in [-0.1, -0.05) is 12.2 Å². The fraction of sp³-hybridized carbons (Fsp3) is 0.667. The number of rotatable bonds is 13. The van der Waals surface area contributed by atoms with Gasteiger partial charge in [-0.25, -0.2) is 0 Å². The zero-order valence-corrected chi connectivity index (χ0v) is 12.6. The minimum absolute atomic E-state index is 0.00664. The van der Waals surface area contributed by atoms with Gasteiger partial charge in [-0.3, -0.25) is 10.6 Å². The van der Waals surface area contributed by atoms with Crippen molar-refractivity contribution in [3.8, 4) is 0 Å². The van der Waals surface area contributed by atoms with Crippen LogP contribution in [0.5, 0.6) is 0 Å². The average Bonchev–Trinajstić information content (AvgIpc) is 2.37. The van der Waals surface area contributed by atoms with Crippen LogP contribution in [0.3, 0.4) is 0 Å². The number of unbranched alkanes of at least 4 members (excludes halogenated alkanes) is 1. The molecule has 18 heavy (non-hydrogen) atoms. The molecule has 0 aliphatic carbocycles. The van der Waals surface area contributed by atoms with E-state index in [0.29, 0.717) is 0 Å². The van der Waals surface area contributed by atoms with Crippen LogP contribution in [-0.2, 0) is 0 Å². The number of nitrogens with one attached hydrogen (secondary N) is 2. The zero-order valence-electron chi connectivity index (χ0n) is 10.9. The highest BCUT2D eigenvalue weighted by Crippen LogP contribution is 2.11. The molecule has 0 aromatic heterocycles. The van der Waals surface area contributed by atoms with E-state index in [-0.39, 0.29) is 11.0 Å². The minimum atomic E-state index is 0.00664. The second-order valence-electron chi connectivity index (χ2n) is 3.68. The maximum Gasteiger partial charge on any atom is 0.103 e. The van der Waals surface area contributed by atoms with Gasteiger partial charge in [-0.2, -0.15) is 0 Å². The lowest BCUT2D eigenvalue weighted by atomic mass is 10.4. The molecule has 2 atom stereocenters. The van der Waals surface area contributed by atoms with E-state index >= 15 is 0 Å². The lowest BCUT2D eigenvalue weighted by molar-refractivity contribution is 0.721. The van der Waals surface area contributed by atoms with Gasteiger partial charge in [-0.15, -0.1) is 36.7 Å². The molecule has 6 heteroatoms. The van der Waals surface area contributed by atoms with Gasteiger partial charge in [0.05, 0.1) is 0 Å². The summed E-state index contributed by atoms with van der Waals surface area (Å²) in [6.45, 7) is 8.79. The number of nitrogens with two attached hydrogens (primary N) is 2. The summed E-state index contributed by atoms with van der Waals surface area (Å²) < 4.78 is 0. The van der Waals surface area contributed by atoms with Gasteiger partial charge in [0.2, 0.25) is 0 Å². The van der Waals surface area contributed by atoms with Crippen LogP contribution in [0.4, 0.5) is 0 Å². The van der Waals surface area contributed by atoms with Crippen LogP contribution in [0.1, 0.15) is 12.8 Å². The molecule has 0 aliphatic rings. The summed E-state index contributed by atoms with van der Waals surface area (Å²) in [7, 11) is 0. The summed E-state index contributed by atoms with van der Waals surface area (Å²) in [5.74, 6) is 2.14. The van der Waals surface area contributed by atoms with Crippen molar-refractivity contribution in [2.24, 2.45) is 11.5 Å². The van der Waals surface area contributed by atoms with Gasteiger partial charge in [0.25, 0.3) is 0 Å². The molecule has 2 unspecified atom stereocenters. The second kappa shape index (κ2) is 13.5. The van der Waals surface area contributed by atoms with Gasteiger partial charge in [0.15, 0.2) is 0 Å².